The minimum absolute atomic E-state index is 0.275. The first-order chi connectivity index (χ1) is 8.34. The molecule has 0 unspecified atom stereocenters. The standard InChI is InChI=1S/C12H15FN2O2/c13-9-7-10(15-3-1-14-2-4-15)12-11(8-9)16-5-6-17-12/h7-8,14H,1-6H2. The Labute approximate surface area is 99.3 Å². The molecule has 0 amide bonds. The van der Waals surface area contributed by atoms with Crippen LogP contribution < -0.4 is 19.7 Å². The summed E-state index contributed by atoms with van der Waals surface area (Å²) in [7, 11) is 0. The molecule has 1 aromatic rings. The fourth-order valence-electron chi connectivity index (χ4n) is 2.24. The second kappa shape index (κ2) is 4.41. The molecule has 1 saturated heterocycles. The molecule has 0 saturated carbocycles. The lowest BCUT2D eigenvalue weighted by Crippen LogP contribution is -2.43. The van der Waals surface area contributed by atoms with Crippen LogP contribution in [0.15, 0.2) is 12.1 Å². The highest BCUT2D eigenvalue weighted by molar-refractivity contribution is 5.65. The third-order valence-electron chi connectivity index (χ3n) is 3.05. The summed E-state index contributed by atoms with van der Waals surface area (Å²) >= 11 is 0. The van der Waals surface area contributed by atoms with E-state index in [1.165, 1.54) is 12.1 Å². The van der Waals surface area contributed by atoms with Crippen LogP contribution in [-0.2, 0) is 0 Å². The van der Waals surface area contributed by atoms with E-state index in [9.17, 15) is 4.39 Å². The van der Waals surface area contributed by atoms with E-state index in [-0.39, 0.29) is 5.82 Å². The molecule has 2 aliphatic rings. The van der Waals surface area contributed by atoms with E-state index >= 15 is 0 Å². The minimum atomic E-state index is -0.275. The molecule has 0 bridgehead atoms. The maximum Gasteiger partial charge on any atom is 0.184 e. The molecule has 1 aromatic carbocycles. The summed E-state index contributed by atoms with van der Waals surface area (Å²) in [6, 6.07) is 2.92. The highest BCUT2D eigenvalue weighted by atomic mass is 19.1. The lowest BCUT2D eigenvalue weighted by atomic mass is 10.2. The van der Waals surface area contributed by atoms with Gasteiger partial charge in [-0.1, -0.05) is 0 Å². The van der Waals surface area contributed by atoms with Crippen molar-refractivity contribution >= 4 is 5.69 Å². The van der Waals surface area contributed by atoms with Crippen molar-refractivity contribution in [2.45, 2.75) is 0 Å². The van der Waals surface area contributed by atoms with E-state index < -0.39 is 0 Å². The molecule has 17 heavy (non-hydrogen) atoms. The number of hydrogen-bond donors (Lipinski definition) is 1. The first-order valence-electron chi connectivity index (χ1n) is 5.89. The van der Waals surface area contributed by atoms with Gasteiger partial charge in [0.2, 0.25) is 0 Å². The van der Waals surface area contributed by atoms with Crippen molar-refractivity contribution in [3.63, 3.8) is 0 Å². The highest BCUT2D eigenvalue weighted by Gasteiger charge is 2.22. The molecule has 1 N–H and O–H groups in total. The lowest BCUT2D eigenvalue weighted by Gasteiger charge is -2.32. The largest absolute Gasteiger partial charge is 0.486 e. The molecule has 4 nitrogen and oxygen atoms in total. The molecule has 0 radical (unpaired) electrons. The number of benzene rings is 1. The fraction of sp³-hybridized carbons (Fsp3) is 0.500. The lowest BCUT2D eigenvalue weighted by molar-refractivity contribution is 0.171. The van der Waals surface area contributed by atoms with E-state index in [0.29, 0.717) is 24.7 Å². The van der Waals surface area contributed by atoms with Crippen molar-refractivity contribution in [1.29, 1.82) is 0 Å². The second-order valence-electron chi connectivity index (χ2n) is 4.19. The van der Waals surface area contributed by atoms with Crippen LogP contribution in [0.5, 0.6) is 11.5 Å². The summed E-state index contributed by atoms with van der Waals surface area (Å²) in [5, 5.41) is 3.27. The minimum Gasteiger partial charge on any atom is -0.486 e. The topological polar surface area (TPSA) is 33.7 Å². The molecular formula is C12H15FN2O2. The Hall–Kier alpha value is -1.49. The van der Waals surface area contributed by atoms with Crippen molar-refractivity contribution in [2.24, 2.45) is 0 Å². The number of ether oxygens (including phenoxy) is 2. The van der Waals surface area contributed by atoms with Crippen LogP contribution in [0.1, 0.15) is 0 Å². The zero-order chi connectivity index (χ0) is 11.7. The quantitative estimate of drug-likeness (QED) is 0.791. The van der Waals surface area contributed by atoms with Crippen molar-refractivity contribution in [2.75, 3.05) is 44.3 Å². The smallest absolute Gasteiger partial charge is 0.184 e. The Bertz CT molecular complexity index is 419. The monoisotopic (exact) mass is 238 g/mol. The number of halogens is 1. The van der Waals surface area contributed by atoms with Crippen LogP contribution >= 0.6 is 0 Å². The number of rotatable bonds is 1. The number of fused-ring (bicyclic) bond motifs is 1. The van der Waals surface area contributed by atoms with Gasteiger partial charge in [0.1, 0.15) is 19.0 Å². The van der Waals surface area contributed by atoms with Gasteiger partial charge < -0.3 is 19.7 Å². The molecule has 2 aliphatic heterocycles. The SMILES string of the molecule is Fc1cc2c(c(N3CCNCC3)c1)OCCO2. The van der Waals surface area contributed by atoms with Gasteiger partial charge >= 0.3 is 0 Å². The van der Waals surface area contributed by atoms with Crippen LogP contribution in [-0.4, -0.2) is 39.4 Å². The van der Waals surface area contributed by atoms with E-state index in [0.717, 1.165) is 31.9 Å². The molecule has 5 heteroatoms. The molecule has 1 fully saturated rings. The Morgan fingerprint density at radius 3 is 2.71 bits per heavy atom. The maximum atomic E-state index is 13.5. The molecule has 3 rings (SSSR count). The van der Waals surface area contributed by atoms with Gasteiger partial charge in [0.15, 0.2) is 11.5 Å². The van der Waals surface area contributed by atoms with Crippen LogP contribution in [0.3, 0.4) is 0 Å². The first kappa shape index (κ1) is 10.7. The fourth-order valence-corrected chi connectivity index (χ4v) is 2.24. The molecule has 0 atom stereocenters. The third-order valence-corrected chi connectivity index (χ3v) is 3.05. The average molecular weight is 238 g/mol. The summed E-state index contributed by atoms with van der Waals surface area (Å²) in [4.78, 5) is 2.13. The summed E-state index contributed by atoms with van der Waals surface area (Å²) in [6.45, 7) is 4.55. The van der Waals surface area contributed by atoms with E-state index in [2.05, 4.69) is 10.2 Å². The summed E-state index contributed by atoms with van der Waals surface area (Å²) in [6.07, 6.45) is 0. The number of anilines is 1. The van der Waals surface area contributed by atoms with Gasteiger partial charge in [-0.25, -0.2) is 4.39 Å². The van der Waals surface area contributed by atoms with Gasteiger partial charge in [-0.3, -0.25) is 0 Å². The Morgan fingerprint density at radius 1 is 1.12 bits per heavy atom. The third kappa shape index (κ3) is 2.02. The zero-order valence-corrected chi connectivity index (χ0v) is 9.54. The first-order valence-corrected chi connectivity index (χ1v) is 5.89. The molecular weight excluding hydrogens is 223 g/mol. The van der Waals surface area contributed by atoms with Crippen LogP contribution in [0.2, 0.25) is 0 Å². The maximum absolute atomic E-state index is 13.5. The molecule has 0 spiro atoms. The molecule has 0 aliphatic carbocycles. The van der Waals surface area contributed by atoms with Gasteiger partial charge in [-0.05, 0) is 0 Å². The van der Waals surface area contributed by atoms with Crippen LogP contribution in [0.4, 0.5) is 10.1 Å². The summed E-state index contributed by atoms with van der Waals surface area (Å²) in [5.41, 5.74) is 0.807. The van der Waals surface area contributed by atoms with Crippen molar-refractivity contribution in [3.05, 3.63) is 17.9 Å². The van der Waals surface area contributed by atoms with E-state index in [1.807, 2.05) is 0 Å². The van der Waals surface area contributed by atoms with Gasteiger partial charge in [0.05, 0.1) is 5.69 Å². The van der Waals surface area contributed by atoms with Gasteiger partial charge in [0, 0.05) is 38.3 Å². The predicted octanol–water partition coefficient (Wildman–Crippen LogP) is 1.01. The van der Waals surface area contributed by atoms with Crippen molar-refractivity contribution in [1.82, 2.24) is 5.32 Å². The highest BCUT2D eigenvalue weighted by Crippen LogP contribution is 2.40. The normalized spacial score (nSPS) is 19.2. The number of nitrogens with zero attached hydrogens (tertiary/aromatic N) is 1. The van der Waals surface area contributed by atoms with Gasteiger partial charge in [-0.2, -0.15) is 0 Å². The van der Waals surface area contributed by atoms with Crippen LogP contribution in [0.25, 0.3) is 0 Å². The van der Waals surface area contributed by atoms with Crippen LogP contribution in [0, 0.1) is 5.82 Å². The summed E-state index contributed by atoms with van der Waals surface area (Å²) < 4.78 is 24.6. The Kier molecular flexibility index (Phi) is 2.76. The second-order valence-corrected chi connectivity index (χ2v) is 4.19. The molecule has 0 aromatic heterocycles. The summed E-state index contributed by atoms with van der Waals surface area (Å²) in [5.74, 6) is 0.923. The Balaban J connectivity index is 1.98. The number of piperazine rings is 1. The zero-order valence-electron chi connectivity index (χ0n) is 9.54. The van der Waals surface area contributed by atoms with Gasteiger partial charge in [0.25, 0.3) is 0 Å². The van der Waals surface area contributed by atoms with E-state index in [1.54, 1.807) is 0 Å². The average Bonchev–Trinajstić information content (AvgIpc) is 2.39. The number of hydrogen-bond acceptors (Lipinski definition) is 4. The van der Waals surface area contributed by atoms with Crippen molar-refractivity contribution in [3.8, 4) is 11.5 Å². The number of nitrogens with one attached hydrogen (secondary N) is 1. The molecule has 92 valence electrons. The van der Waals surface area contributed by atoms with Crippen molar-refractivity contribution < 1.29 is 13.9 Å². The molecule has 2 heterocycles. The predicted molar refractivity (Wildman–Crippen MR) is 62.5 cm³/mol. The Morgan fingerprint density at radius 2 is 1.88 bits per heavy atom. The van der Waals surface area contributed by atoms with Gasteiger partial charge in [-0.15, -0.1) is 0 Å². The van der Waals surface area contributed by atoms with E-state index in [4.69, 9.17) is 9.47 Å².